The van der Waals surface area contributed by atoms with E-state index in [-0.39, 0.29) is 30.5 Å². The molecular weight excluding hydrogens is 479 g/mol. The summed E-state index contributed by atoms with van der Waals surface area (Å²) in [6.07, 6.45) is 6.01. The maximum Gasteiger partial charge on any atom is 0.191 e. The lowest BCUT2D eigenvalue weighted by Gasteiger charge is -2.14. The third-order valence-corrected chi connectivity index (χ3v) is 4.31. The van der Waals surface area contributed by atoms with Crippen LogP contribution in [0.3, 0.4) is 0 Å². The molecule has 6 nitrogen and oxygen atoms in total. The van der Waals surface area contributed by atoms with E-state index in [2.05, 4.69) is 32.7 Å². The predicted molar refractivity (Wildman–Crippen MR) is 125 cm³/mol. The summed E-state index contributed by atoms with van der Waals surface area (Å²) in [6, 6.07) is 17.7. The lowest BCUT2D eigenvalue weighted by molar-refractivity contribution is 0.187. The molecule has 1 unspecified atom stereocenters. The molecule has 0 amide bonds. The molecule has 0 saturated heterocycles. The van der Waals surface area contributed by atoms with Crippen molar-refractivity contribution in [1.82, 2.24) is 15.6 Å². The van der Waals surface area contributed by atoms with E-state index < -0.39 is 6.10 Å². The fourth-order valence-corrected chi connectivity index (χ4v) is 2.77. The number of hydrogen-bond acceptors (Lipinski definition) is 4. The van der Waals surface area contributed by atoms with Crippen LogP contribution in [-0.2, 0) is 12.8 Å². The fourth-order valence-electron chi connectivity index (χ4n) is 2.77. The van der Waals surface area contributed by atoms with Gasteiger partial charge in [-0.15, -0.1) is 24.0 Å². The highest BCUT2D eigenvalue weighted by Gasteiger charge is 2.07. The molecule has 7 heteroatoms. The third kappa shape index (κ3) is 8.25. The summed E-state index contributed by atoms with van der Waals surface area (Å²) in [5.41, 5.74) is 2.07. The Kier molecular flexibility index (Phi) is 10.2. The Hall–Kier alpha value is -2.39. The van der Waals surface area contributed by atoms with Crippen LogP contribution in [0.5, 0.6) is 0 Å². The molecule has 0 aliphatic carbocycles. The van der Waals surface area contributed by atoms with Gasteiger partial charge in [0.1, 0.15) is 5.76 Å². The molecule has 0 bridgehead atoms. The van der Waals surface area contributed by atoms with Crippen molar-refractivity contribution >= 4 is 29.9 Å². The number of rotatable bonds is 9. The number of aliphatic hydroxyl groups is 1. The summed E-state index contributed by atoms with van der Waals surface area (Å²) in [7, 11) is 0. The number of halogens is 1. The molecule has 0 aliphatic heterocycles. The Morgan fingerprint density at radius 1 is 0.966 bits per heavy atom. The van der Waals surface area contributed by atoms with E-state index in [9.17, 15) is 5.11 Å². The molecule has 0 fully saturated rings. The molecule has 2 aromatic heterocycles. The molecule has 0 radical (unpaired) electrons. The van der Waals surface area contributed by atoms with Crippen molar-refractivity contribution in [3.05, 3.63) is 90.1 Å². The summed E-state index contributed by atoms with van der Waals surface area (Å²) in [4.78, 5) is 8.52. The zero-order chi connectivity index (χ0) is 19.4. The number of guanidine groups is 1. The zero-order valence-electron chi connectivity index (χ0n) is 16.2. The van der Waals surface area contributed by atoms with E-state index >= 15 is 0 Å². The van der Waals surface area contributed by atoms with Crippen molar-refractivity contribution < 1.29 is 9.52 Å². The van der Waals surface area contributed by atoms with Gasteiger partial charge in [-0.1, -0.05) is 30.3 Å². The van der Waals surface area contributed by atoms with Crippen LogP contribution in [0, 0.1) is 0 Å². The van der Waals surface area contributed by atoms with Crippen molar-refractivity contribution in [2.24, 2.45) is 4.99 Å². The number of aliphatic hydroxyl groups excluding tert-OH is 1. The highest BCUT2D eigenvalue weighted by molar-refractivity contribution is 14.0. The van der Waals surface area contributed by atoms with Gasteiger partial charge in [-0.05, 0) is 41.8 Å². The number of furan rings is 1. The molecule has 29 heavy (non-hydrogen) atoms. The summed E-state index contributed by atoms with van der Waals surface area (Å²) >= 11 is 0. The van der Waals surface area contributed by atoms with Crippen LogP contribution >= 0.6 is 24.0 Å². The Bertz CT molecular complexity index is 827. The van der Waals surface area contributed by atoms with Crippen LogP contribution in [0.15, 0.2) is 82.7 Å². The molecule has 3 rings (SSSR count). The van der Waals surface area contributed by atoms with Gasteiger partial charge in [0.2, 0.25) is 0 Å². The van der Waals surface area contributed by atoms with Crippen molar-refractivity contribution in [1.29, 1.82) is 0 Å². The second-order valence-electron chi connectivity index (χ2n) is 6.40. The van der Waals surface area contributed by atoms with Gasteiger partial charge in [0.05, 0.1) is 18.9 Å². The number of aromatic nitrogens is 1. The molecule has 1 atom stereocenters. The second-order valence-corrected chi connectivity index (χ2v) is 6.40. The minimum absolute atomic E-state index is 0. The number of benzene rings is 1. The average Bonchev–Trinajstić information content (AvgIpc) is 3.26. The maximum absolute atomic E-state index is 10.3. The summed E-state index contributed by atoms with van der Waals surface area (Å²) < 4.78 is 5.36. The smallest absolute Gasteiger partial charge is 0.191 e. The van der Waals surface area contributed by atoms with Crippen LogP contribution in [-0.4, -0.2) is 35.7 Å². The predicted octanol–water partition coefficient (Wildman–Crippen LogP) is 3.35. The molecule has 2 heterocycles. The van der Waals surface area contributed by atoms with Gasteiger partial charge in [0.25, 0.3) is 0 Å². The Morgan fingerprint density at radius 3 is 2.38 bits per heavy atom. The average molecular weight is 506 g/mol. The van der Waals surface area contributed by atoms with E-state index in [1.807, 2.05) is 30.3 Å². The van der Waals surface area contributed by atoms with Gasteiger partial charge in [0.15, 0.2) is 5.96 Å². The number of hydrogen-bond donors (Lipinski definition) is 3. The summed E-state index contributed by atoms with van der Waals surface area (Å²) in [5, 5.41) is 17.0. The molecule has 0 saturated carbocycles. The monoisotopic (exact) mass is 506 g/mol. The first-order chi connectivity index (χ1) is 13.8. The van der Waals surface area contributed by atoms with Crippen LogP contribution in [0.4, 0.5) is 0 Å². The highest BCUT2D eigenvalue weighted by Crippen LogP contribution is 2.11. The van der Waals surface area contributed by atoms with Crippen LogP contribution < -0.4 is 10.6 Å². The number of nitrogens with one attached hydrogen (secondary N) is 2. The van der Waals surface area contributed by atoms with E-state index in [4.69, 9.17) is 4.42 Å². The van der Waals surface area contributed by atoms with Gasteiger partial charge < -0.3 is 20.2 Å². The summed E-state index contributed by atoms with van der Waals surface area (Å²) in [6.45, 7) is 1.71. The largest absolute Gasteiger partial charge is 0.469 e. The van der Waals surface area contributed by atoms with E-state index in [0.717, 1.165) is 30.7 Å². The van der Waals surface area contributed by atoms with Gasteiger partial charge in [-0.2, -0.15) is 0 Å². The standard InChI is InChI=1S/C22H26N4O2.HI/c27-21(19-9-12-23-13-10-19)17-26-22(25-15-11-20-7-4-16-28-20)24-14-8-18-5-2-1-3-6-18;/h1-7,9-10,12-13,16,21,27H,8,11,14-15,17H2,(H2,24,25,26);1H. The number of aliphatic imine (C=N–C) groups is 1. The van der Waals surface area contributed by atoms with Crippen LogP contribution in [0.25, 0.3) is 0 Å². The van der Waals surface area contributed by atoms with E-state index in [1.54, 1.807) is 30.8 Å². The number of pyridine rings is 1. The van der Waals surface area contributed by atoms with Crippen LogP contribution in [0.2, 0.25) is 0 Å². The first-order valence-corrected chi connectivity index (χ1v) is 9.48. The Labute approximate surface area is 188 Å². The quantitative estimate of drug-likeness (QED) is 0.236. The van der Waals surface area contributed by atoms with Crippen molar-refractivity contribution in [2.75, 3.05) is 19.6 Å². The van der Waals surface area contributed by atoms with Gasteiger partial charge >= 0.3 is 0 Å². The molecule has 154 valence electrons. The lowest BCUT2D eigenvalue weighted by Crippen LogP contribution is -2.39. The fraction of sp³-hybridized carbons (Fsp3) is 0.273. The first-order valence-electron chi connectivity index (χ1n) is 9.48. The number of nitrogens with zero attached hydrogens (tertiary/aromatic N) is 2. The van der Waals surface area contributed by atoms with Gasteiger partial charge in [0, 0.05) is 31.9 Å². The minimum Gasteiger partial charge on any atom is -0.469 e. The molecule has 3 aromatic rings. The molecule has 3 N–H and O–H groups in total. The van der Waals surface area contributed by atoms with Gasteiger partial charge in [-0.25, -0.2) is 0 Å². The van der Waals surface area contributed by atoms with E-state index in [1.165, 1.54) is 5.56 Å². The first kappa shape index (κ1) is 22.9. The second kappa shape index (κ2) is 12.9. The maximum atomic E-state index is 10.3. The van der Waals surface area contributed by atoms with Crippen molar-refractivity contribution in [2.45, 2.75) is 18.9 Å². The molecular formula is C22H27IN4O2. The van der Waals surface area contributed by atoms with E-state index in [0.29, 0.717) is 12.5 Å². The Balaban J connectivity index is 0.00000300. The molecule has 1 aromatic carbocycles. The Morgan fingerprint density at radius 2 is 1.69 bits per heavy atom. The normalized spacial score (nSPS) is 12.1. The SMILES string of the molecule is I.OC(CN=C(NCCc1ccccc1)NCCc1ccco1)c1ccncc1. The van der Waals surface area contributed by atoms with Crippen LogP contribution in [0.1, 0.15) is 23.0 Å². The lowest BCUT2D eigenvalue weighted by atomic mass is 10.1. The zero-order valence-corrected chi connectivity index (χ0v) is 18.5. The topological polar surface area (TPSA) is 82.7 Å². The van der Waals surface area contributed by atoms with Crippen molar-refractivity contribution in [3.8, 4) is 0 Å². The minimum atomic E-state index is -0.666. The molecule has 0 aliphatic rings. The van der Waals surface area contributed by atoms with Crippen molar-refractivity contribution in [3.63, 3.8) is 0 Å². The molecule has 0 spiro atoms. The highest BCUT2D eigenvalue weighted by atomic mass is 127. The summed E-state index contributed by atoms with van der Waals surface area (Å²) in [5.74, 6) is 1.60. The third-order valence-electron chi connectivity index (χ3n) is 4.31. The van der Waals surface area contributed by atoms with Gasteiger partial charge in [-0.3, -0.25) is 9.98 Å².